The van der Waals surface area contributed by atoms with Crippen molar-refractivity contribution in [1.29, 1.82) is 0 Å². The highest BCUT2D eigenvalue weighted by Gasteiger charge is 2.32. The molecule has 1 unspecified atom stereocenters. The number of nitrogens with one attached hydrogen (secondary N) is 1. The van der Waals surface area contributed by atoms with Gasteiger partial charge in [0.05, 0.1) is 11.6 Å². The molecule has 0 spiro atoms. The highest BCUT2D eigenvalue weighted by atomic mass is 79.9. The maximum absolute atomic E-state index is 5.40. The van der Waals surface area contributed by atoms with E-state index in [0.717, 1.165) is 16.8 Å². The van der Waals surface area contributed by atoms with Gasteiger partial charge in [-0.25, -0.2) is 0 Å². The first-order chi connectivity index (χ1) is 7.57. The largest absolute Gasteiger partial charge is 0.496 e. The van der Waals surface area contributed by atoms with Gasteiger partial charge in [-0.05, 0) is 66.4 Å². The summed E-state index contributed by atoms with van der Waals surface area (Å²) in [5, 5.41) is 3.58. The molecule has 0 aromatic heterocycles. The van der Waals surface area contributed by atoms with Crippen molar-refractivity contribution < 1.29 is 4.74 Å². The van der Waals surface area contributed by atoms with Crippen LogP contribution in [0.4, 0.5) is 0 Å². The molecule has 2 nitrogen and oxygen atoms in total. The lowest BCUT2D eigenvalue weighted by molar-refractivity contribution is 0.399. The Morgan fingerprint density at radius 1 is 1.44 bits per heavy atom. The van der Waals surface area contributed by atoms with Gasteiger partial charge in [0.1, 0.15) is 5.75 Å². The zero-order valence-electron chi connectivity index (χ0n) is 10.1. The number of aryl methyl sites for hydroxylation is 1. The highest BCUT2D eigenvalue weighted by Crippen LogP contribution is 2.40. The van der Waals surface area contributed by atoms with E-state index in [1.807, 2.05) is 0 Å². The van der Waals surface area contributed by atoms with Crippen LogP contribution in [0, 0.1) is 6.92 Å². The van der Waals surface area contributed by atoms with Gasteiger partial charge in [0.25, 0.3) is 0 Å². The molecule has 3 heteroatoms. The van der Waals surface area contributed by atoms with Crippen molar-refractivity contribution in [3.05, 3.63) is 27.7 Å². The predicted octanol–water partition coefficient (Wildman–Crippen LogP) is 3.36. The SMILES string of the molecule is COc1cc(C)cc(C2(C)CCCN2)c1Br. The Kier molecular flexibility index (Phi) is 3.27. The minimum Gasteiger partial charge on any atom is -0.496 e. The second kappa shape index (κ2) is 4.38. The van der Waals surface area contributed by atoms with Crippen LogP contribution in [0.25, 0.3) is 0 Å². The molecule has 1 aliphatic rings. The molecular weight excluding hydrogens is 266 g/mol. The topological polar surface area (TPSA) is 21.3 Å². The van der Waals surface area contributed by atoms with Crippen LogP contribution in [-0.4, -0.2) is 13.7 Å². The predicted molar refractivity (Wildman–Crippen MR) is 70.0 cm³/mol. The summed E-state index contributed by atoms with van der Waals surface area (Å²) in [6, 6.07) is 4.30. The summed E-state index contributed by atoms with van der Waals surface area (Å²) in [7, 11) is 1.72. The van der Waals surface area contributed by atoms with E-state index in [1.165, 1.54) is 24.0 Å². The Hall–Kier alpha value is -0.540. The maximum Gasteiger partial charge on any atom is 0.133 e. The lowest BCUT2D eigenvalue weighted by Gasteiger charge is -2.27. The van der Waals surface area contributed by atoms with Gasteiger partial charge in [0, 0.05) is 5.54 Å². The molecule has 0 amide bonds. The monoisotopic (exact) mass is 283 g/mol. The van der Waals surface area contributed by atoms with Gasteiger partial charge in [-0.15, -0.1) is 0 Å². The van der Waals surface area contributed by atoms with Crippen LogP contribution >= 0.6 is 15.9 Å². The molecule has 1 atom stereocenters. The average molecular weight is 284 g/mol. The molecule has 1 saturated heterocycles. The molecule has 1 N–H and O–H groups in total. The number of benzene rings is 1. The van der Waals surface area contributed by atoms with Crippen molar-refractivity contribution >= 4 is 15.9 Å². The molecule has 16 heavy (non-hydrogen) atoms. The van der Waals surface area contributed by atoms with Crippen molar-refractivity contribution in [2.75, 3.05) is 13.7 Å². The maximum atomic E-state index is 5.40. The minimum absolute atomic E-state index is 0.0815. The Morgan fingerprint density at radius 3 is 2.75 bits per heavy atom. The molecule has 0 saturated carbocycles. The van der Waals surface area contributed by atoms with Gasteiger partial charge in [-0.2, -0.15) is 0 Å². The quantitative estimate of drug-likeness (QED) is 0.899. The minimum atomic E-state index is 0.0815. The van der Waals surface area contributed by atoms with Crippen molar-refractivity contribution in [1.82, 2.24) is 5.32 Å². The second-order valence-electron chi connectivity index (χ2n) is 4.69. The van der Waals surface area contributed by atoms with Crippen molar-refractivity contribution in [2.45, 2.75) is 32.2 Å². The Labute approximate surface area is 106 Å². The number of ether oxygens (including phenoxy) is 1. The lowest BCUT2D eigenvalue weighted by atomic mass is 9.89. The van der Waals surface area contributed by atoms with Gasteiger partial charge < -0.3 is 10.1 Å². The van der Waals surface area contributed by atoms with E-state index in [9.17, 15) is 0 Å². The third kappa shape index (κ3) is 1.98. The highest BCUT2D eigenvalue weighted by molar-refractivity contribution is 9.10. The lowest BCUT2D eigenvalue weighted by Crippen LogP contribution is -2.33. The normalized spacial score (nSPS) is 24.8. The Morgan fingerprint density at radius 2 is 2.19 bits per heavy atom. The number of methoxy groups -OCH3 is 1. The van der Waals surface area contributed by atoms with Crippen LogP contribution in [0.1, 0.15) is 30.9 Å². The standard InChI is InChI=1S/C13H18BrNO/c1-9-7-10(12(14)11(8-9)16-3)13(2)5-4-6-15-13/h7-8,15H,4-6H2,1-3H3. The molecule has 2 rings (SSSR count). The average Bonchev–Trinajstić information content (AvgIpc) is 2.69. The van der Waals surface area contributed by atoms with E-state index in [-0.39, 0.29) is 5.54 Å². The molecule has 0 bridgehead atoms. The molecular formula is C13H18BrNO. The van der Waals surface area contributed by atoms with E-state index >= 15 is 0 Å². The fourth-order valence-corrected chi connectivity index (χ4v) is 3.24. The first-order valence-electron chi connectivity index (χ1n) is 5.66. The van der Waals surface area contributed by atoms with E-state index in [1.54, 1.807) is 7.11 Å². The third-order valence-corrected chi connectivity index (χ3v) is 4.18. The summed E-state index contributed by atoms with van der Waals surface area (Å²) in [6.07, 6.45) is 2.41. The van der Waals surface area contributed by atoms with E-state index in [4.69, 9.17) is 4.74 Å². The summed E-state index contributed by atoms with van der Waals surface area (Å²) in [6.45, 7) is 5.47. The molecule has 1 fully saturated rings. The summed E-state index contributed by atoms with van der Waals surface area (Å²) in [4.78, 5) is 0. The van der Waals surface area contributed by atoms with Crippen molar-refractivity contribution in [3.8, 4) is 5.75 Å². The van der Waals surface area contributed by atoms with Crippen LogP contribution in [0.15, 0.2) is 16.6 Å². The van der Waals surface area contributed by atoms with Crippen LogP contribution in [0.3, 0.4) is 0 Å². The van der Waals surface area contributed by atoms with E-state index in [2.05, 4.69) is 47.2 Å². The summed E-state index contributed by atoms with van der Waals surface area (Å²) >= 11 is 3.66. The number of hydrogen-bond donors (Lipinski definition) is 1. The van der Waals surface area contributed by atoms with Gasteiger partial charge in [-0.1, -0.05) is 6.07 Å². The summed E-state index contributed by atoms with van der Waals surface area (Å²) in [5.41, 5.74) is 2.63. The van der Waals surface area contributed by atoms with Crippen molar-refractivity contribution in [3.63, 3.8) is 0 Å². The third-order valence-electron chi connectivity index (χ3n) is 3.37. The van der Waals surface area contributed by atoms with E-state index in [0.29, 0.717) is 0 Å². The van der Waals surface area contributed by atoms with Gasteiger partial charge in [0.15, 0.2) is 0 Å². The Bertz CT molecular complexity index is 397. The van der Waals surface area contributed by atoms with Gasteiger partial charge in [0.2, 0.25) is 0 Å². The van der Waals surface area contributed by atoms with E-state index < -0.39 is 0 Å². The number of hydrogen-bond acceptors (Lipinski definition) is 2. The van der Waals surface area contributed by atoms with Gasteiger partial charge in [-0.3, -0.25) is 0 Å². The first kappa shape index (κ1) is 11.9. The zero-order valence-corrected chi connectivity index (χ0v) is 11.6. The fraction of sp³-hybridized carbons (Fsp3) is 0.538. The fourth-order valence-electron chi connectivity index (χ4n) is 2.41. The first-order valence-corrected chi connectivity index (χ1v) is 6.46. The molecule has 0 aliphatic carbocycles. The summed E-state index contributed by atoms with van der Waals surface area (Å²) < 4.78 is 6.48. The zero-order chi connectivity index (χ0) is 11.8. The van der Waals surface area contributed by atoms with Crippen LogP contribution in [-0.2, 0) is 5.54 Å². The van der Waals surface area contributed by atoms with Gasteiger partial charge >= 0.3 is 0 Å². The molecule has 1 aromatic carbocycles. The summed E-state index contributed by atoms with van der Waals surface area (Å²) in [5.74, 6) is 0.921. The number of rotatable bonds is 2. The Balaban J connectivity index is 2.51. The van der Waals surface area contributed by atoms with Crippen LogP contribution in [0.2, 0.25) is 0 Å². The molecule has 1 heterocycles. The van der Waals surface area contributed by atoms with Crippen molar-refractivity contribution in [2.24, 2.45) is 0 Å². The molecule has 88 valence electrons. The second-order valence-corrected chi connectivity index (χ2v) is 5.48. The van der Waals surface area contributed by atoms with Crippen LogP contribution < -0.4 is 10.1 Å². The number of halogens is 1. The molecule has 1 aliphatic heterocycles. The molecule has 1 aromatic rings. The smallest absolute Gasteiger partial charge is 0.133 e. The van der Waals surface area contributed by atoms with Crippen LogP contribution in [0.5, 0.6) is 5.75 Å². The molecule has 0 radical (unpaired) electrons.